The van der Waals surface area contributed by atoms with Crippen molar-refractivity contribution in [3.8, 4) is 6.07 Å². The van der Waals surface area contributed by atoms with Gasteiger partial charge in [0.05, 0.1) is 11.6 Å². The summed E-state index contributed by atoms with van der Waals surface area (Å²) < 4.78 is 4.56. The Balaban J connectivity index is 2.52. The summed E-state index contributed by atoms with van der Waals surface area (Å²) in [6.07, 6.45) is 0. The van der Waals surface area contributed by atoms with E-state index in [0.29, 0.717) is 11.3 Å². The summed E-state index contributed by atoms with van der Waals surface area (Å²) in [5.74, 6) is -1.95. The molecule has 0 atom stereocenters. The number of carbonyl (C=O) groups excluding carboxylic acids is 2. The third kappa shape index (κ3) is 5.30. The first-order chi connectivity index (χ1) is 9.93. The predicted molar refractivity (Wildman–Crippen MR) is 71.6 cm³/mol. The molecule has 0 bridgehead atoms. The molecule has 1 aromatic rings. The molecule has 0 fully saturated rings. The maximum Gasteiger partial charge on any atom is 0.329 e. The minimum Gasteiger partial charge on any atom is -0.480 e. The van der Waals surface area contributed by atoms with E-state index < -0.39 is 31.1 Å². The highest BCUT2D eigenvalue weighted by molar-refractivity contribution is 6.02. The highest BCUT2D eigenvalue weighted by Crippen LogP contribution is 2.13. The lowest BCUT2D eigenvalue weighted by molar-refractivity contribution is -0.143. The molecule has 1 aromatic carbocycles. The number of nitrogens with zero attached hydrogens (tertiary/aromatic N) is 2. The van der Waals surface area contributed by atoms with Crippen LogP contribution in [-0.2, 0) is 14.3 Å². The van der Waals surface area contributed by atoms with Gasteiger partial charge in [-0.25, -0.2) is 9.59 Å². The molecule has 0 aliphatic heterocycles. The van der Waals surface area contributed by atoms with Crippen molar-refractivity contribution >= 4 is 23.6 Å². The number of hydrogen-bond acceptors (Lipinski definition) is 5. The number of carbonyl (C=O) groups is 3. The first-order valence-corrected chi connectivity index (χ1v) is 5.81. The second kappa shape index (κ2) is 7.62. The summed E-state index contributed by atoms with van der Waals surface area (Å²) >= 11 is 0. The van der Waals surface area contributed by atoms with E-state index in [2.05, 4.69) is 4.74 Å². The van der Waals surface area contributed by atoms with Crippen LogP contribution in [0, 0.1) is 11.3 Å². The van der Waals surface area contributed by atoms with Gasteiger partial charge in [0.2, 0.25) is 0 Å². The van der Waals surface area contributed by atoms with Crippen LogP contribution < -0.4 is 10.2 Å². The van der Waals surface area contributed by atoms with Gasteiger partial charge in [-0.15, -0.1) is 0 Å². The summed E-state index contributed by atoms with van der Waals surface area (Å²) in [5, 5.41) is 19.1. The summed E-state index contributed by atoms with van der Waals surface area (Å²) in [6, 6.07) is 7.45. The monoisotopic (exact) mass is 291 g/mol. The molecule has 0 unspecified atom stereocenters. The third-order valence-corrected chi connectivity index (χ3v) is 2.39. The van der Waals surface area contributed by atoms with Gasteiger partial charge >= 0.3 is 12.0 Å². The van der Waals surface area contributed by atoms with Crippen LogP contribution in [0.3, 0.4) is 0 Å². The van der Waals surface area contributed by atoms with Crippen LogP contribution >= 0.6 is 0 Å². The summed E-state index contributed by atoms with van der Waals surface area (Å²) in [4.78, 5) is 34.5. The van der Waals surface area contributed by atoms with E-state index in [-0.39, 0.29) is 0 Å². The van der Waals surface area contributed by atoms with Crippen molar-refractivity contribution in [1.29, 1.82) is 5.26 Å². The lowest BCUT2D eigenvalue weighted by Gasteiger charge is -2.17. The molecule has 110 valence electrons. The Hall–Kier alpha value is -2.92. The van der Waals surface area contributed by atoms with E-state index in [0.717, 1.165) is 0 Å². The number of carboxylic acids is 1. The number of imide groups is 1. The normalized spacial score (nSPS) is 9.52. The molecule has 2 N–H and O–H groups in total. The molecule has 0 spiro atoms. The molecule has 0 saturated carbocycles. The van der Waals surface area contributed by atoms with Crippen molar-refractivity contribution in [2.75, 3.05) is 25.2 Å². The lowest BCUT2D eigenvalue weighted by atomic mass is 10.2. The van der Waals surface area contributed by atoms with E-state index in [1.54, 1.807) is 12.1 Å². The average molecular weight is 291 g/mol. The Morgan fingerprint density at radius 2 is 1.90 bits per heavy atom. The predicted octanol–water partition coefficient (Wildman–Crippen LogP) is 0.332. The zero-order valence-corrected chi connectivity index (χ0v) is 11.2. The van der Waals surface area contributed by atoms with Gasteiger partial charge in [0.1, 0.15) is 13.2 Å². The molecule has 0 aromatic heterocycles. The van der Waals surface area contributed by atoms with Gasteiger partial charge in [-0.05, 0) is 24.3 Å². The summed E-state index contributed by atoms with van der Waals surface area (Å²) in [7, 11) is 1.45. The Morgan fingerprint density at radius 3 is 2.43 bits per heavy atom. The van der Waals surface area contributed by atoms with Crippen molar-refractivity contribution in [2.24, 2.45) is 0 Å². The number of amides is 3. The fraction of sp³-hybridized carbons (Fsp3) is 0.231. The van der Waals surface area contributed by atoms with Gasteiger partial charge in [-0.3, -0.25) is 15.0 Å². The van der Waals surface area contributed by atoms with Crippen molar-refractivity contribution in [3.05, 3.63) is 29.8 Å². The first kappa shape index (κ1) is 16.1. The van der Waals surface area contributed by atoms with Crippen LogP contribution in [-0.4, -0.2) is 43.3 Å². The van der Waals surface area contributed by atoms with Crippen LogP contribution in [0.15, 0.2) is 24.3 Å². The van der Waals surface area contributed by atoms with Crippen molar-refractivity contribution in [3.63, 3.8) is 0 Å². The molecule has 0 radical (unpaired) electrons. The largest absolute Gasteiger partial charge is 0.480 e. The van der Waals surface area contributed by atoms with Gasteiger partial charge < -0.3 is 9.84 Å². The quantitative estimate of drug-likeness (QED) is 0.806. The fourth-order valence-corrected chi connectivity index (χ4v) is 1.35. The second-order valence-electron chi connectivity index (χ2n) is 3.96. The molecule has 1 rings (SSSR count). The Bertz CT molecular complexity index is 576. The van der Waals surface area contributed by atoms with Crippen molar-refractivity contribution in [2.45, 2.75) is 0 Å². The number of rotatable bonds is 5. The minimum absolute atomic E-state index is 0.450. The van der Waals surface area contributed by atoms with Crippen LogP contribution in [0.2, 0.25) is 0 Å². The molecule has 8 heteroatoms. The zero-order chi connectivity index (χ0) is 15.8. The molecule has 0 aliphatic carbocycles. The molecule has 8 nitrogen and oxygen atoms in total. The van der Waals surface area contributed by atoms with E-state index in [4.69, 9.17) is 10.4 Å². The molecule has 21 heavy (non-hydrogen) atoms. The smallest absolute Gasteiger partial charge is 0.329 e. The third-order valence-electron chi connectivity index (χ3n) is 2.39. The minimum atomic E-state index is -1.20. The van der Waals surface area contributed by atoms with Gasteiger partial charge in [-0.2, -0.15) is 5.26 Å². The van der Waals surface area contributed by atoms with E-state index in [9.17, 15) is 14.4 Å². The summed E-state index contributed by atoms with van der Waals surface area (Å²) in [5.41, 5.74) is 0.941. The molecule has 0 aliphatic rings. The number of ether oxygens (including phenoxy) is 1. The molecular formula is C13H13N3O5. The highest BCUT2D eigenvalue weighted by Gasteiger charge is 2.14. The fourth-order valence-electron chi connectivity index (χ4n) is 1.35. The maximum absolute atomic E-state index is 11.8. The number of urea groups is 1. The van der Waals surface area contributed by atoms with Crippen molar-refractivity contribution < 1.29 is 24.2 Å². The van der Waals surface area contributed by atoms with Gasteiger partial charge in [0, 0.05) is 12.7 Å². The Kier molecular flexibility index (Phi) is 5.85. The van der Waals surface area contributed by atoms with Crippen LogP contribution in [0.1, 0.15) is 5.56 Å². The van der Waals surface area contributed by atoms with E-state index >= 15 is 0 Å². The van der Waals surface area contributed by atoms with Crippen molar-refractivity contribution in [1.82, 2.24) is 5.32 Å². The van der Waals surface area contributed by atoms with Gasteiger partial charge in [-0.1, -0.05) is 0 Å². The number of nitriles is 1. The zero-order valence-electron chi connectivity index (χ0n) is 11.2. The number of carboxylic acid groups (broad SMARTS) is 1. The number of aliphatic carboxylic acids is 1. The van der Waals surface area contributed by atoms with Crippen LogP contribution in [0.4, 0.5) is 10.5 Å². The average Bonchev–Trinajstić information content (AvgIpc) is 2.46. The number of anilines is 1. The molecule has 3 amide bonds. The SMILES string of the molecule is CN(C(=O)NC(=O)COCC(=O)O)c1ccc(C#N)cc1. The van der Waals surface area contributed by atoms with Crippen LogP contribution in [0.5, 0.6) is 0 Å². The molecular weight excluding hydrogens is 278 g/mol. The summed E-state index contributed by atoms with van der Waals surface area (Å²) in [6.45, 7) is -1.15. The highest BCUT2D eigenvalue weighted by atomic mass is 16.5. The van der Waals surface area contributed by atoms with E-state index in [1.165, 1.54) is 24.1 Å². The number of nitrogens with one attached hydrogen (secondary N) is 1. The molecule has 0 saturated heterocycles. The Labute approximate surface area is 120 Å². The topological polar surface area (TPSA) is 120 Å². The second-order valence-corrected chi connectivity index (χ2v) is 3.96. The molecule has 0 heterocycles. The standard InChI is InChI=1S/C13H13N3O5/c1-16(10-4-2-9(6-14)3-5-10)13(20)15-11(17)7-21-8-12(18)19/h2-5H,7-8H2,1H3,(H,18,19)(H,15,17,20). The maximum atomic E-state index is 11.8. The van der Waals surface area contributed by atoms with Gasteiger partial charge in [0.25, 0.3) is 5.91 Å². The first-order valence-electron chi connectivity index (χ1n) is 5.81. The van der Waals surface area contributed by atoms with Crippen LogP contribution in [0.25, 0.3) is 0 Å². The lowest BCUT2D eigenvalue weighted by Crippen LogP contribution is -2.42. The number of hydrogen-bond donors (Lipinski definition) is 2. The Morgan fingerprint density at radius 1 is 1.29 bits per heavy atom. The van der Waals surface area contributed by atoms with Gasteiger partial charge in [0.15, 0.2) is 0 Å². The number of benzene rings is 1. The van der Waals surface area contributed by atoms with E-state index in [1.807, 2.05) is 11.4 Å².